The van der Waals surface area contributed by atoms with Crippen LogP contribution in [0.4, 0.5) is 10.5 Å². The van der Waals surface area contributed by atoms with Gasteiger partial charge in [0.25, 0.3) is 0 Å². The highest BCUT2D eigenvalue weighted by molar-refractivity contribution is 5.83. The molecule has 2 N–H and O–H groups in total. The molecule has 27 heavy (non-hydrogen) atoms. The number of anilines is 1. The van der Waals surface area contributed by atoms with Crippen LogP contribution in [0, 0.1) is 0 Å². The summed E-state index contributed by atoms with van der Waals surface area (Å²) in [7, 11) is 1.92. The molecule has 0 aliphatic rings. The Kier molecular flexibility index (Phi) is 6.85. The Morgan fingerprint density at radius 1 is 1.30 bits per heavy atom. The van der Waals surface area contributed by atoms with Crippen LogP contribution in [-0.2, 0) is 11.2 Å². The number of amides is 1. The molecule has 0 saturated heterocycles. The summed E-state index contributed by atoms with van der Waals surface area (Å²) < 4.78 is 10.6. The van der Waals surface area contributed by atoms with E-state index in [2.05, 4.69) is 5.32 Å². The molecule has 2 aromatic rings. The average molecular weight is 376 g/mol. The normalized spacial score (nSPS) is 11.4. The van der Waals surface area contributed by atoms with Crippen LogP contribution in [0.25, 0.3) is 11.0 Å². The molecular weight excluding hydrogens is 348 g/mol. The van der Waals surface area contributed by atoms with Gasteiger partial charge in [-0.15, -0.1) is 0 Å². The third kappa shape index (κ3) is 6.29. The maximum atomic E-state index is 11.9. The van der Waals surface area contributed by atoms with Gasteiger partial charge in [0.05, 0.1) is 0 Å². The second kappa shape index (κ2) is 8.90. The molecule has 0 saturated carbocycles. The predicted octanol–water partition coefficient (Wildman–Crippen LogP) is 2.68. The van der Waals surface area contributed by atoms with Crippen molar-refractivity contribution in [3.8, 4) is 0 Å². The van der Waals surface area contributed by atoms with Crippen molar-refractivity contribution in [1.29, 1.82) is 0 Å². The molecule has 1 aromatic carbocycles. The Hall–Kier alpha value is -2.54. The van der Waals surface area contributed by atoms with Gasteiger partial charge in [0, 0.05) is 50.0 Å². The van der Waals surface area contributed by atoms with Crippen LogP contribution in [0.3, 0.4) is 0 Å². The Balaban J connectivity index is 2.13. The number of carbonyl (C=O) groups excluding carboxylic acids is 1. The number of hydrogen-bond donors (Lipinski definition) is 2. The fourth-order valence-corrected chi connectivity index (χ4v) is 2.71. The van der Waals surface area contributed by atoms with E-state index in [-0.39, 0.29) is 6.61 Å². The van der Waals surface area contributed by atoms with Gasteiger partial charge in [0.1, 0.15) is 11.2 Å². The molecular formula is C20H28N2O5. The summed E-state index contributed by atoms with van der Waals surface area (Å²) >= 11 is 0. The van der Waals surface area contributed by atoms with Crippen molar-refractivity contribution in [3.63, 3.8) is 0 Å². The van der Waals surface area contributed by atoms with Crippen LogP contribution in [0.1, 0.15) is 32.8 Å². The van der Waals surface area contributed by atoms with Gasteiger partial charge in [-0.05, 0) is 51.3 Å². The van der Waals surface area contributed by atoms with Crippen LogP contribution in [0.2, 0.25) is 0 Å². The zero-order valence-corrected chi connectivity index (χ0v) is 16.4. The van der Waals surface area contributed by atoms with Crippen molar-refractivity contribution in [2.45, 2.75) is 39.2 Å². The number of hydrogen-bond acceptors (Lipinski definition) is 6. The second-order valence-electron chi connectivity index (χ2n) is 7.45. The smallest absolute Gasteiger partial charge is 0.407 e. The summed E-state index contributed by atoms with van der Waals surface area (Å²) in [6.07, 6.45) is 0.665. The SMILES string of the molecule is CN(CCCO)c1ccc2c(CCNC(=O)OC(C)(C)C)cc(=O)oc2c1. The lowest BCUT2D eigenvalue weighted by atomic mass is 10.1. The van der Waals surface area contributed by atoms with Crippen molar-refractivity contribution in [3.05, 3.63) is 40.2 Å². The monoisotopic (exact) mass is 376 g/mol. The molecule has 0 bridgehead atoms. The fourth-order valence-electron chi connectivity index (χ4n) is 2.71. The highest BCUT2D eigenvalue weighted by Gasteiger charge is 2.16. The first kappa shape index (κ1) is 20.8. The van der Waals surface area contributed by atoms with Gasteiger partial charge in [-0.25, -0.2) is 9.59 Å². The van der Waals surface area contributed by atoms with E-state index in [1.807, 2.05) is 30.1 Å². The van der Waals surface area contributed by atoms with Gasteiger partial charge >= 0.3 is 11.7 Å². The molecule has 0 unspecified atom stereocenters. The fraction of sp³-hybridized carbons (Fsp3) is 0.500. The van der Waals surface area contributed by atoms with Crippen LogP contribution >= 0.6 is 0 Å². The van der Waals surface area contributed by atoms with Gasteiger partial charge in [-0.1, -0.05) is 0 Å². The molecule has 0 radical (unpaired) electrons. The van der Waals surface area contributed by atoms with Crippen molar-refractivity contribution in [2.75, 3.05) is 31.6 Å². The molecule has 7 nitrogen and oxygen atoms in total. The van der Waals surface area contributed by atoms with Crippen molar-refractivity contribution in [1.82, 2.24) is 5.32 Å². The van der Waals surface area contributed by atoms with E-state index in [0.717, 1.165) is 16.6 Å². The topological polar surface area (TPSA) is 92.0 Å². The van der Waals surface area contributed by atoms with Crippen molar-refractivity contribution >= 4 is 22.7 Å². The highest BCUT2D eigenvalue weighted by atomic mass is 16.6. The van der Waals surface area contributed by atoms with E-state index < -0.39 is 17.3 Å². The number of fused-ring (bicyclic) bond motifs is 1. The van der Waals surface area contributed by atoms with E-state index in [0.29, 0.717) is 31.5 Å². The molecule has 1 aromatic heterocycles. The summed E-state index contributed by atoms with van der Waals surface area (Å²) in [5, 5.41) is 12.5. The number of nitrogens with one attached hydrogen (secondary N) is 1. The number of benzene rings is 1. The first-order chi connectivity index (χ1) is 12.7. The minimum Gasteiger partial charge on any atom is -0.444 e. The summed E-state index contributed by atoms with van der Waals surface area (Å²) in [6, 6.07) is 7.13. The number of alkyl carbamates (subject to hydrolysis) is 1. The number of aliphatic hydroxyl groups is 1. The number of nitrogens with zero attached hydrogens (tertiary/aromatic N) is 1. The zero-order chi connectivity index (χ0) is 20.0. The van der Waals surface area contributed by atoms with Gasteiger partial charge in [-0.2, -0.15) is 0 Å². The highest BCUT2D eigenvalue weighted by Crippen LogP contribution is 2.23. The third-order valence-electron chi connectivity index (χ3n) is 3.97. The molecule has 0 aliphatic carbocycles. The van der Waals surface area contributed by atoms with Crippen LogP contribution < -0.4 is 15.8 Å². The predicted molar refractivity (Wildman–Crippen MR) is 105 cm³/mol. The Bertz CT molecular complexity index is 838. The van der Waals surface area contributed by atoms with Gasteiger partial charge in [0.2, 0.25) is 0 Å². The van der Waals surface area contributed by atoms with E-state index in [1.165, 1.54) is 6.07 Å². The number of ether oxygens (including phenoxy) is 1. The van der Waals surface area contributed by atoms with Crippen molar-refractivity contribution in [2.24, 2.45) is 0 Å². The molecule has 148 valence electrons. The number of carbonyl (C=O) groups is 1. The molecule has 1 heterocycles. The zero-order valence-electron chi connectivity index (χ0n) is 16.4. The summed E-state index contributed by atoms with van der Waals surface area (Å²) in [5.74, 6) is 0. The standard InChI is InChI=1S/C20H28N2O5/c1-20(2,3)27-19(25)21-9-8-14-12-18(24)26-17-13-15(6-7-16(14)17)22(4)10-5-11-23/h6-7,12-13,23H,5,8-11H2,1-4H3,(H,21,25). The summed E-state index contributed by atoms with van der Waals surface area (Å²) in [4.78, 5) is 25.7. The van der Waals surface area contributed by atoms with Crippen LogP contribution in [0.15, 0.2) is 33.5 Å². The molecule has 0 atom stereocenters. The summed E-state index contributed by atoms with van der Waals surface area (Å²) in [6.45, 7) is 6.59. The largest absolute Gasteiger partial charge is 0.444 e. The lowest BCUT2D eigenvalue weighted by molar-refractivity contribution is 0.0528. The van der Waals surface area contributed by atoms with E-state index in [1.54, 1.807) is 20.8 Å². The van der Waals surface area contributed by atoms with E-state index >= 15 is 0 Å². The molecule has 0 fully saturated rings. The Morgan fingerprint density at radius 3 is 2.70 bits per heavy atom. The quantitative estimate of drug-likeness (QED) is 0.722. The van der Waals surface area contributed by atoms with E-state index in [4.69, 9.17) is 14.3 Å². The molecule has 0 spiro atoms. The first-order valence-electron chi connectivity index (χ1n) is 9.05. The van der Waals surface area contributed by atoms with Crippen LogP contribution in [0.5, 0.6) is 0 Å². The molecule has 7 heteroatoms. The molecule has 0 aliphatic heterocycles. The molecule has 1 amide bonds. The van der Waals surface area contributed by atoms with Gasteiger partial charge in [-0.3, -0.25) is 0 Å². The average Bonchev–Trinajstić information content (AvgIpc) is 2.57. The Labute approximate surface area is 158 Å². The third-order valence-corrected chi connectivity index (χ3v) is 3.97. The number of aliphatic hydroxyl groups excluding tert-OH is 1. The Morgan fingerprint density at radius 2 is 2.04 bits per heavy atom. The van der Waals surface area contributed by atoms with Gasteiger partial charge in [0.15, 0.2) is 0 Å². The number of rotatable bonds is 7. The molecule has 2 rings (SSSR count). The summed E-state index contributed by atoms with van der Waals surface area (Å²) in [5.41, 5.74) is 1.24. The maximum Gasteiger partial charge on any atom is 0.407 e. The second-order valence-corrected chi connectivity index (χ2v) is 7.45. The first-order valence-corrected chi connectivity index (χ1v) is 9.05. The van der Waals surface area contributed by atoms with Crippen molar-refractivity contribution < 1.29 is 19.1 Å². The van der Waals surface area contributed by atoms with Gasteiger partial charge < -0.3 is 24.5 Å². The van der Waals surface area contributed by atoms with E-state index in [9.17, 15) is 9.59 Å². The maximum absolute atomic E-state index is 11.9. The lowest BCUT2D eigenvalue weighted by Gasteiger charge is -2.20. The minimum atomic E-state index is -0.553. The minimum absolute atomic E-state index is 0.127. The van der Waals surface area contributed by atoms with Crippen LogP contribution in [-0.4, -0.2) is 43.5 Å². The lowest BCUT2D eigenvalue weighted by Crippen LogP contribution is -2.33.